The Balaban J connectivity index is 2.19. The van der Waals surface area contributed by atoms with Crippen LogP contribution in [0, 0.1) is 28.6 Å². The summed E-state index contributed by atoms with van der Waals surface area (Å²) in [7, 11) is 0. The fourth-order valence-electron chi connectivity index (χ4n) is 2.77. The van der Waals surface area contributed by atoms with Gasteiger partial charge in [0.15, 0.2) is 0 Å². The minimum atomic E-state index is 0.487. The van der Waals surface area contributed by atoms with Crippen molar-refractivity contribution in [3.63, 3.8) is 0 Å². The van der Waals surface area contributed by atoms with Gasteiger partial charge in [0.1, 0.15) is 0 Å². The molecule has 1 saturated carbocycles. The fraction of sp³-hybridized carbons (Fsp3) is 0.727. The van der Waals surface area contributed by atoms with E-state index in [9.17, 15) is 0 Å². The fourth-order valence-corrected chi connectivity index (χ4v) is 2.77. The van der Waals surface area contributed by atoms with Gasteiger partial charge in [-0.2, -0.15) is 5.26 Å². The standard InChI is InChI=1S/C11H15N/c1-11(2)9-4-3-8(5-6-12)10(11)7-9/h3,9-10H,4-5,7H2,1-2H3/t9-,10-/m1/s1. The first-order valence-corrected chi connectivity index (χ1v) is 4.72. The molecule has 3 aliphatic rings. The molecule has 0 unspecified atom stereocenters. The van der Waals surface area contributed by atoms with Crippen LogP contribution in [0.2, 0.25) is 0 Å². The van der Waals surface area contributed by atoms with E-state index in [-0.39, 0.29) is 0 Å². The predicted octanol–water partition coefficient (Wildman–Crippen LogP) is 2.89. The van der Waals surface area contributed by atoms with Crippen molar-refractivity contribution in [2.24, 2.45) is 17.3 Å². The molecular formula is C11H15N. The summed E-state index contributed by atoms with van der Waals surface area (Å²) in [6.07, 6.45) is 5.50. The lowest BCUT2D eigenvalue weighted by molar-refractivity contribution is -0.00704. The third kappa shape index (κ3) is 0.843. The van der Waals surface area contributed by atoms with Crippen LogP contribution in [0.15, 0.2) is 11.6 Å². The second kappa shape index (κ2) is 2.36. The van der Waals surface area contributed by atoms with E-state index in [1.807, 2.05) is 0 Å². The van der Waals surface area contributed by atoms with E-state index in [0.29, 0.717) is 11.8 Å². The van der Waals surface area contributed by atoms with Crippen molar-refractivity contribution in [1.82, 2.24) is 0 Å². The van der Waals surface area contributed by atoms with Gasteiger partial charge in [-0.25, -0.2) is 0 Å². The van der Waals surface area contributed by atoms with Crippen LogP contribution in [-0.2, 0) is 0 Å². The number of hydrogen-bond donors (Lipinski definition) is 0. The van der Waals surface area contributed by atoms with Crippen LogP contribution in [0.1, 0.15) is 33.1 Å². The molecule has 0 aromatic carbocycles. The smallest absolute Gasteiger partial charge is 0.0666 e. The van der Waals surface area contributed by atoms with Crippen LogP contribution in [0.5, 0.6) is 0 Å². The van der Waals surface area contributed by atoms with Crippen LogP contribution >= 0.6 is 0 Å². The van der Waals surface area contributed by atoms with Gasteiger partial charge in [-0.1, -0.05) is 25.5 Å². The Morgan fingerprint density at radius 3 is 2.92 bits per heavy atom. The molecule has 0 aromatic heterocycles. The number of hydrogen-bond acceptors (Lipinski definition) is 1. The molecule has 2 atom stereocenters. The third-order valence-corrected chi connectivity index (χ3v) is 3.87. The van der Waals surface area contributed by atoms with Crippen molar-refractivity contribution in [3.05, 3.63) is 11.6 Å². The molecule has 0 amide bonds. The Bertz CT molecular complexity index is 267. The van der Waals surface area contributed by atoms with Gasteiger partial charge in [0.05, 0.1) is 12.5 Å². The number of nitrogens with zero attached hydrogens (tertiary/aromatic N) is 1. The molecule has 3 aliphatic carbocycles. The van der Waals surface area contributed by atoms with Crippen LogP contribution in [0.4, 0.5) is 0 Å². The first kappa shape index (κ1) is 7.86. The Kier molecular flexibility index (Phi) is 1.54. The lowest BCUT2D eigenvalue weighted by Gasteiger charge is -2.56. The normalized spacial score (nSPS) is 36.2. The SMILES string of the molecule is CC1(C)[C@@H]2CC=C(CC#N)[C@H]1C2. The molecule has 12 heavy (non-hydrogen) atoms. The molecule has 0 spiro atoms. The van der Waals surface area contributed by atoms with E-state index in [4.69, 9.17) is 5.26 Å². The van der Waals surface area contributed by atoms with E-state index in [2.05, 4.69) is 26.0 Å². The molecule has 0 heterocycles. The Morgan fingerprint density at radius 1 is 1.67 bits per heavy atom. The maximum Gasteiger partial charge on any atom is 0.0666 e. The van der Waals surface area contributed by atoms with Crippen molar-refractivity contribution >= 4 is 0 Å². The van der Waals surface area contributed by atoms with Gasteiger partial charge >= 0.3 is 0 Å². The minimum absolute atomic E-state index is 0.487. The van der Waals surface area contributed by atoms with E-state index in [0.717, 1.165) is 11.8 Å². The molecule has 1 heteroatoms. The van der Waals surface area contributed by atoms with E-state index < -0.39 is 0 Å². The summed E-state index contributed by atoms with van der Waals surface area (Å²) in [4.78, 5) is 0. The highest BCUT2D eigenvalue weighted by Gasteiger charge is 2.50. The van der Waals surface area contributed by atoms with Crippen molar-refractivity contribution in [3.8, 4) is 6.07 Å². The van der Waals surface area contributed by atoms with Crippen LogP contribution in [0.3, 0.4) is 0 Å². The van der Waals surface area contributed by atoms with Crippen molar-refractivity contribution < 1.29 is 0 Å². The highest BCUT2D eigenvalue weighted by Crippen LogP contribution is 2.59. The van der Waals surface area contributed by atoms with Gasteiger partial charge in [0.25, 0.3) is 0 Å². The Labute approximate surface area is 74.1 Å². The largest absolute Gasteiger partial charge is 0.198 e. The highest BCUT2D eigenvalue weighted by atomic mass is 14.5. The van der Waals surface area contributed by atoms with Crippen molar-refractivity contribution in [2.75, 3.05) is 0 Å². The number of allylic oxidation sites excluding steroid dienone is 2. The quantitative estimate of drug-likeness (QED) is 0.542. The number of nitriles is 1. The van der Waals surface area contributed by atoms with Crippen LogP contribution < -0.4 is 0 Å². The third-order valence-electron chi connectivity index (χ3n) is 3.87. The van der Waals surface area contributed by atoms with Gasteiger partial charge in [0.2, 0.25) is 0 Å². The summed E-state index contributed by atoms with van der Waals surface area (Å²) < 4.78 is 0. The molecule has 1 nitrogen and oxygen atoms in total. The lowest BCUT2D eigenvalue weighted by atomic mass is 9.48. The number of rotatable bonds is 1. The summed E-state index contributed by atoms with van der Waals surface area (Å²) in [6, 6.07) is 2.26. The average molecular weight is 161 g/mol. The molecule has 1 fully saturated rings. The average Bonchev–Trinajstić information content (AvgIpc) is 2.05. The lowest BCUT2D eigenvalue weighted by Crippen LogP contribution is -2.47. The molecular weight excluding hydrogens is 146 g/mol. The maximum atomic E-state index is 8.63. The van der Waals surface area contributed by atoms with Gasteiger partial charge in [-0.15, -0.1) is 0 Å². The molecule has 0 aliphatic heterocycles. The molecule has 0 saturated heterocycles. The minimum Gasteiger partial charge on any atom is -0.198 e. The molecule has 64 valence electrons. The predicted molar refractivity (Wildman–Crippen MR) is 48.3 cm³/mol. The summed E-state index contributed by atoms with van der Waals surface area (Å²) in [6.45, 7) is 4.69. The molecule has 0 N–H and O–H groups in total. The molecule has 2 bridgehead atoms. The van der Waals surface area contributed by atoms with Gasteiger partial charge in [-0.05, 0) is 30.1 Å². The van der Waals surface area contributed by atoms with E-state index in [1.165, 1.54) is 18.4 Å². The first-order chi connectivity index (χ1) is 5.66. The molecule has 0 aromatic rings. The molecule has 0 radical (unpaired) electrons. The zero-order valence-electron chi connectivity index (χ0n) is 7.80. The summed E-state index contributed by atoms with van der Waals surface area (Å²) in [5.41, 5.74) is 1.89. The van der Waals surface area contributed by atoms with Crippen LogP contribution in [-0.4, -0.2) is 0 Å². The number of fused-ring (bicyclic) bond motifs is 1. The van der Waals surface area contributed by atoms with Crippen LogP contribution in [0.25, 0.3) is 0 Å². The molecule has 3 rings (SSSR count). The van der Waals surface area contributed by atoms with Crippen molar-refractivity contribution in [2.45, 2.75) is 33.1 Å². The maximum absolute atomic E-state index is 8.63. The zero-order valence-corrected chi connectivity index (χ0v) is 7.80. The Morgan fingerprint density at radius 2 is 2.42 bits per heavy atom. The van der Waals surface area contributed by atoms with Gasteiger partial charge < -0.3 is 0 Å². The topological polar surface area (TPSA) is 23.8 Å². The summed E-state index contributed by atoms with van der Waals surface area (Å²) in [5.74, 6) is 1.61. The van der Waals surface area contributed by atoms with E-state index in [1.54, 1.807) is 0 Å². The Hall–Kier alpha value is -0.770. The zero-order chi connectivity index (χ0) is 8.77. The summed E-state index contributed by atoms with van der Waals surface area (Å²) in [5, 5.41) is 8.63. The van der Waals surface area contributed by atoms with E-state index >= 15 is 0 Å². The second-order valence-corrected chi connectivity index (χ2v) is 4.66. The first-order valence-electron chi connectivity index (χ1n) is 4.72. The monoisotopic (exact) mass is 161 g/mol. The van der Waals surface area contributed by atoms with Crippen molar-refractivity contribution in [1.29, 1.82) is 5.26 Å². The van der Waals surface area contributed by atoms with Gasteiger partial charge in [-0.3, -0.25) is 0 Å². The second-order valence-electron chi connectivity index (χ2n) is 4.66. The van der Waals surface area contributed by atoms with Gasteiger partial charge in [0, 0.05) is 0 Å². The highest BCUT2D eigenvalue weighted by molar-refractivity contribution is 5.25. The summed E-state index contributed by atoms with van der Waals surface area (Å²) >= 11 is 0.